The first-order valence-electron chi connectivity index (χ1n) is 7.41. The fourth-order valence-electron chi connectivity index (χ4n) is 1.84. The van der Waals surface area contributed by atoms with E-state index in [-0.39, 0.29) is 5.91 Å². The van der Waals surface area contributed by atoms with Crippen molar-refractivity contribution in [3.8, 4) is 5.75 Å². The molecule has 0 aliphatic heterocycles. The van der Waals surface area contributed by atoms with E-state index in [0.717, 1.165) is 30.8 Å². The summed E-state index contributed by atoms with van der Waals surface area (Å²) in [6.07, 6.45) is 0.279. The third kappa shape index (κ3) is 6.60. The maximum Gasteiger partial charge on any atom is 0.260 e. The second-order valence-corrected chi connectivity index (χ2v) is 4.79. The summed E-state index contributed by atoms with van der Waals surface area (Å²) < 4.78 is 10.7. The van der Waals surface area contributed by atoms with Gasteiger partial charge in [-0.15, -0.1) is 0 Å². The van der Waals surface area contributed by atoms with Crippen LogP contribution in [0.2, 0.25) is 0 Å². The number of rotatable bonds is 10. The molecule has 0 spiro atoms. The second-order valence-electron chi connectivity index (χ2n) is 4.79. The van der Waals surface area contributed by atoms with E-state index in [9.17, 15) is 4.79 Å². The zero-order chi connectivity index (χ0) is 15.5. The highest BCUT2D eigenvalue weighted by Crippen LogP contribution is 2.19. The van der Waals surface area contributed by atoms with Crippen molar-refractivity contribution in [2.24, 2.45) is 0 Å². The number of carbonyl (C=O) groups is 1. The molecule has 0 aliphatic rings. The molecule has 1 aromatic carbocycles. The number of amides is 1. The van der Waals surface area contributed by atoms with Gasteiger partial charge in [0.25, 0.3) is 5.91 Å². The molecule has 1 aromatic rings. The van der Waals surface area contributed by atoms with E-state index < -0.39 is 6.10 Å². The van der Waals surface area contributed by atoms with Gasteiger partial charge < -0.3 is 20.1 Å². The van der Waals surface area contributed by atoms with Crippen LogP contribution in [0.5, 0.6) is 5.75 Å². The molecule has 0 heterocycles. The minimum atomic E-state index is -0.518. The number of nitrogens with one attached hydrogen (secondary N) is 2. The highest BCUT2D eigenvalue weighted by molar-refractivity contribution is 5.80. The van der Waals surface area contributed by atoms with E-state index in [1.165, 1.54) is 0 Å². The van der Waals surface area contributed by atoms with Crippen LogP contribution in [-0.4, -0.2) is 38.8 Å². The number of hydrogen-bond acceptors (Lipinski definition) is 4. The van der Waals surface area contributed by atoms with Crippen LogP contribution in [0.1, 0.15) is 25.8 Å². The Morgan fingerprint density at radius 3 is 2.81 bits per heavy atom. The van der Waals surface area contributed by atoms with E-state index in [1.54, 1.807) is 14.0 Å². The quantitative estimate of drug-likeness (QED) is 0.645. The molecule has 0 aliphatic carbocycles. The molecule has 1 rings (SSSR count). The van der Waals surface area contributed by atoms with Crippen LogP contribution in [0, 0.1) is 0 Å². The van der Waals surface area contributed by atoms with Crippen molar-refractivity contribution < 1.29 is 14.3 Å². The summed E-state index contributed by atoms with van der Waals surface area (Å²) in [5, 5.41) is 6.10. The van der Waals surface area contributed by atoms with E-state index in [1.807, 2.05) is 24.3 Å². The first-order chi connectivity index (χ1) is 10.2. The van der Waals surface area contributed by atoms with Gasteiger partial charge in [0.05, 0.1) is 0 Å². The lowest BCUT2D eigenvalue weighted by Gasteiger charge is -2.17. The molecule has 1 amide bonds. The van der Waals surface area contributed by atoms with Crippen LogP contribution >= 0.6 is 0 Å². The van der Waals surface area contributed by atoms with Crippen LogP contribution < -0.4 is 15.4 Å². The zero-order valence-corrected chi connectivity index (χ0v) is 13.1. The summed E-state index contributed by atoms with van der Waals surface area (Å²) in [5.41, 5.74) is 1.05. The molecule has 5 heteroatoms. The summed E-state index contributed by atoms with van der Waals surface area (Å²) in [5.74, 6) is 0.641. The predicted molar refractivity (Wildman–Crippen MR) is 83.4 cm³/mol. The van der Waals surface area contributed by atoms with Gasteiger partial charge in [0, 0.05) is 32.4 Å². The summed E-state index contributed by atoms with van der Waals surface area (Å²) in [4.78, 5) is 11.9. The van der Waals surface area contributed by atoms with Crippen molar-refractivity contribution in [2.45, 2.75) is 32.9 Å². The fourth-order valence-corrected chi connectivity index (χ4v) is 1.84. The standard InChI is InChI=1S/C16H26N2O3/c1-4-17-12-14-8-5-6-9-15(14)21-13(2)16(19)18-10-7-11-20-3/h5-6,8-9,13,17H,4,7,10-12H2,1-3H3,(H,18,19). The average molecular weight is 294 g/mol. The Bertz CT molecular complexity index is 424. The van der Waals surface area contributed by atoms with Crippen LogP contribution in [0.3, 0.4) is 0 Å². The normalized spacial score (nSPS) is 12.0. The van der Waals surface area contributed by atoms with Crippen LogP contribution in [0.25, 0.3) is 0 Å². The van der Waals surface area contributed by atoms with Gasteiger partial charge in [-0.05, 0) is 26.0 Å². The third-order valence-corrected chi connectivity index (χ3v) is 3.04. The minimum absolute atomic E-state index is 0.107. The monoisotopic (exact) mass is 294 g/mol. The molecule has 2 N–H and O–H groups in total. The van der Waals surface area contributed by atoms with Gasteiger partial charge in [0.2, 0.25) is 0 Å². The van der Waals surface area contributed by atoms with Gasteiger partial charge in [-0.1, -0.05) is 25.1 Å². The van der Waals surface area contributed by atoms with E-state index in [4.69, 9.17) is 9.47 Å². The van der Waals surface area contributed by atoms with Crippen molar-refractivity contribution in [3.63, 3.8) is 0 Å². The van der Waals surface area contributed by atoms with Crippen molar-refractivity contribution >= 4 is 5.91 Å². The van der Waals surface area contributed by atoms with Gasteiger partial charge in [-0.2, -0.15) is 0 Å². The Labute approximate surface area is 127 Å². The number of ether oxygens (including phenoxy) is 2. The highest BCUT2D eigenvalue weighted by atomic mass is 16.5. The average Bonchev–Trinajstić information content (AvgIpc) is 2.50. The Balaban J connectivity index is 2.49. The molecule has 1 atom stereocenters. The molecule has 118 valence electrons. The largest absolute Gasteiger partial charge is 0.481 e. The summed E-state index contributed by atoms with van der Waals surface area (Å²) in [7, 11) is 1.65. The summed E-state index contributed by atoms with van der Waals surface area (Å²) in [6.45, 7) is 6.68. The summed E-state index contributed by atoms with van der Waals surface area (Å²) in [6, 6.07) is 7.77. The fraction of sp³-hybridized carbons (Fsp3) is 0.562. The third-order valence-electron chi connectivity index (χ3n) is 3.04. The Morgan fingerprint density at radius 1 is 1.33 bits per heavy atom. The van der Waals surface area contributed by atoms with E-state index in [2.05, 4.69) is 17.6 Å². The van der Waals surface area contributed by atoms with Crippen molar-refractivity contribution in [2.75, 3.05) is 26.8 Å². The molecular weight excluding hydrogens is 268 g/mol. The number of carbonyl (C=O) groups excluding carboxylic acids is 1. The molecule has 0 fully saturated rings. The topological polar surface area (TPSA) is 59.6 Å². The molecular formula is C16H26N2O3. The Kier molecular flexibility index (Phi) is 8.47. The maximum absolute atomic E-state index is 11.9. The number of benzene rings is 1. The smallest absolute Gasteiger partial charge is 0.260 e. The maximum atomic E-state index is 11.9. The zero-order valence-electron chi connectivity index (χ0n) is 13.1. The Morgan fingerprint density at radius 2 is 2.10 bits per heavy atom. The highest BCUT2D eigenvalue weighted by Gasteiger charge is 2.15. The van der Waals surface area contributed by atoms with Crippen molar-refractivity contribution in [1.29, 1.82) is 0 Å². The first-order valence-corrected chi connectivity index (χ1v) is 7.41. The van der Waals surface area contributed by atoms with Gasteiger partial charge in [0.1, 0.15) is 5.75 Å². The van der Waals surface area contributed by atoms with Crippen molar-refractivity contribution in [1.82, 2.24) is 10.6 Å². The SMILES string of the molecule is CCNCc1ccccc1OC(C)C(=O)NCCCOC. The van der Waals surface area contributed by atoms with Crippen LogP contribution in [0.15, 0.2) is 24.3 Å². The first kappa shape index (κ1) is 17.5. The molecule has 5 nitrogen and oxygen atoms in total. The summed E-state index contributed by atoms with van der Waals surface area (Å²) >= 11 is 0. The molecule has 0 saturated carbocycles. The second kappa shape index (κ2) is 10.2. The van der Waals surface area contributed by atoms with Gasteiger partial charge in [0.15, 0.2) is 6.10 Å². The lowest BCUT2D eigenvalue weighted by molar-refractivity contribution is -0.127. The predicted octanol–water partition coefficient (Wildman–Crippen LogP) is 1.72. The Hall–Kier alpha value is -1.59. The number of methoxy groups -OCH3 is 1. The van der Waals surface area contributed by atoms with E-state index in [0.29, 0.717) is 13.2 Å². The van der Waals surface area contributed by atoms with E-state index >= 15 is 0 Å². The molecule has 0 bridgehead atoms. The lowest BCUT2D eigenvalue weighted by Crippen LogP contribution is -2.37. The van der Waals surface area contributed by atoms with Gasteiger partial charge in [-0.25, -0.2) is 0 Å². The minimum Gasteiger partial charge on any atom is -0.481 e. The molecule has 1 unspecified atom stereocenters. The molecule has 0 saturated heterocycles. The van der Waals surface area contributed by atoms with Crippen LogP contribution in [-0.2, 0) is 16.1 Å². The number of hydrogen-bond donors (Lipinski definition) is 2. The molecule has 0 aromatic heterocycles. The molecule has 0 radical (unpaired) electrons. The lowest BCUT2D eigenvalue weighted by atomic mass is 10.2. The van der Waals surface area contributed by atoms with Crippen molar-refractivity contribution in [3.05, 3.63) is 29.8 Å². The van der Waals surface area contributed by atoms with Gasteiger partial charge >= 0.3 is 0 Å². The number of para-hydroxylation sites is 1. The molecule has 21 heavy (non-hydrogen) atoms. The van der Waals surface area contributed by atoms with Crippen LogP contribution in [0.4, 0.5) is 0 Å². The van der Waals surface area contributed by atoms with Gasteiger partial charge in [-0.3, -0.25) is 4.79 Å².